The van der Waals surface area contributed by atoms with Crippen LogP contribution in [0.25, 0.3) is 5.57 Å². The topological polar surface area (TPSA) is 90.3 Å². The van der Waals surface area contributed by atoms with Crippen molar-refractivity contribution in [1.29, 1.82) is 5.26 Å². The van der Waals surface area contributed by atoms with Crippen molar-refractivity contribution in [2.75, 3.05) is 5.32 Å². The molecule has 0 aliphatic rings. The summed E-state index contributed by atoms with van der Waals surface area (Å²) in [7, 11) is 0. The Morgan fingerprint density at radius 3 is 2.65 bits per heavy atom. The number of aromatic amines is 1. The quantitative estimate of drug-likeness (QED) is 0.772. The number of aromatic nitrogens is 4. The Bertz CT molecular complexity index is 649. The molecule has 1 aromatic heterocycles. The van der Waals surface area contributed by atoms with E-state index in [1.165, 1.54) is 5.56 Å². The molecule has 0 aliphatic carbocycles. The molecule has 2 aromatic rings. The fourth-order valence-corrected chi connectivity index (χ4v) is 3.04. The van der Waals surface area contributed by atoms with Gasteiger partial charge in [-0.2, -0.15) is 10.5 Å². The first-order valence-corrected chi connectivity index (χ1v) is 7.32. The molecule has 8 heteroatoms. The molecule has 1 aromatic carbocycles. The maximum atomic E-state index is 9.09. The summed E-state index contributed by atoms with van der Waals surface area (Å²) < 4.78 is 1.82. The highest BCUT2D eigenvalue weighted by Gasteiger charge is 2.09. The molecule has 0 saturated heterocycles. The van der Waals surface area contributed by atoms with Crippen LogP contribution in [0, 0.1) is 11.3 Å². The molecule has 0 atom stereocenters. The summed E-state index contributed by atoms with van der Waals surface area (Å²) >= 11 is 7.01. The largest absolute Gasteiger partial charge is 0.358 e. The number of hydrogen-bond donors (Lipinski definition) is 2. The molecule has 0 bridgehead atoms. The number of nitrogens with one attached hydrogen (secondary N) is 2. The zero-order valence-corrected chi connectivity index (χ0v) is 13.7. The summed E-state index contributed by atoms with van der Waals surface area (Å²) in [4.78, 5) is 0. The van der Waals surface area contributed by atoms with E-state index in [0.29, 0.717) is 0 Å². The molecule has 0 spiro atoms. The average molecular weight is 398 g/mol. The molecule has 20 heavy (non-hydrogen) atoms. The summed E-state index contributed by atoms with van der Waals surface area (Å²) in [6, 6.07) is 6.08. The van der Waals surface area contributed by atoms with Gasteiger partial charge in [0.05, 0.1) is 5.69 Å². The highest BCUT2D eigenvalue weighted by Crippen LogP contribution is 2.33. The second kappa shape index (κ2) is 6.63. The lowest BCUT2D eigenvalue weighted by atomic mass is 10.1. The first-order valence-electron chi connectivity index (χ1n) is 5.74. The van der Waals surface area contributed by atoms with E-state index in [-0.39, 0.29) is 11.4 Å². The fraction of sp³-hybridized carbons (Fsp3) is 0.167. The van der Waals surface area contributed by atoms with Crippen LogP contribution < -0.4 is 5.32 Å². The lowest BCUT2D eigenvalue weighted by molar-refractivity contribution is 0.881. The molecule has 2 N–H and O–H groups in total. The summed E-state index contributed by atoms with van der Waals surface area (Å²) in [5.41, 5.74) is 2.33. The van der Waals surface area contributed by atoms with Gasteiger partial charge in [-0.25, -0.2) is 0 Å². The Kier molecular flexibility index (Phi) is 4.87. The van der Waals surface area contributed by atoms with E-state index in [4.69, 9.17) is 5.26 Å². The van der Waals surface area contributed by atoms with E-state index in [1.807, 2.05) is 18.2 Å². The minimum Gasteiger partial charge on any atom is -0.358 e. The van der Waals surface area contributed by atoms with Gasteiger partial charge in [0.1, 0.15) is 11.6 Å². The number of allylic oxidation sites excluding steroid dienone is 1. The van der Waals surface area contributed by atoms with Gasteiger partial charge in [0.25, 0.3) is 0 Å². The lowest BCUT2D eigenvalue weighted by Crippen LogP contribution is -1.96. The average Bonchev–Trinajstić information content (AvgIpc) is 2.95. The number of H-pyrrole nitrogens is 1. The van der Waals surface area contributed by atoms with Crippen LogP contribution in [0.5, 0.6) is 0 Å². The first-order chi connectivity index (χ1) is 9.65. The molecule has 0 radical (unpaired) electrons. The number of benzene rings is 1. The van der Waals surface area contributed by atoms with Gasteiger partial charge in [-0.1, -0.05) is 6.92 Å². The SMILES string of the molecule is CCc1cc(Br)c(NC=C(C#N)c2nn[nH]n2)c(Br)c1. The van der Waals surface area contributed by atoms with E-state index < -0.39 is 0 Å². The maximum absolute atomic E-state index is 9.09. The Morgan fingerprint density at radius 1 is 1.45 bits per heavy atom. The number of nitrogens with zero attached hydrogens (tertiary/aromatic N) is 4. The van der Waals surface area contributed by atoms with Crippen molar-refractivity contribution in [3.63, 3.8) is 0 Å². The molecule has 1 heterocycles. The smallest absolute Gasteiger partial charge is 0.216 e. The van der Waals surface area contributed by atoms with Crippen LogP contribution in [0.4, 0.5) is 5.69 Å². The Balaban J connectivity index is 2.29. The van der Waals surface area contributed by atoms with Crippen molar-refractivity contribution in [3.8, 4) is 6.07 Å². The van der Waals surface area contributed by atoms with Crippen molar-refractivity contribution in [1.82, 2.24) is 20.6 Å². The number of halogens is 2. The zero-order chi connectivity index (χ0) is 14.5. The van der Waals surface area contributed by atoms with E-state index >= 15 is 0 Å². The third kappa shape index (κ3) is 3.23. The highest BCUT2D eigenvalue weighted by atomic mass is 79.9. The third-order valence-electron chi connectivity index (χ3n) is 2.58. The molecule has 0 fully saturated rings. The van der Waals surface area contributed by atoms with Crippen molar-refractivity contribution < 1.29 is 0 Å². The van der Waals surface area contributed by atoms with Crippen LogP contribution in [0.1, 0.15) is 18.3 Å². The van der Waals surface area contributed by atoms with Crippen molar-refractivity contribution in [3.05, 3.63) is 38.7 Å². The van der Waals surface area contributed by atoms with Crippen molar-refractivity contribution in [2.24, 2.45) is 0 Å². The molecule has 0 unspecified atom stereocenters. The van der Waals surface area contributed by atoms with Gasteiger partial charge >= 0.3 is 0 Å². The Morgan fingerprint density at radius 2 is 2.15 bits per heavy atom. The molecule has 0 amide bonds. The van der Waals surface area contributed by atoms with Crippen molar-refractivity contribution >= 4 is 43.1 Å². The minimum atomic E-state index is 0.248. The molecule has 2 rings (SSSR count). The van der Waals surface area contributed by atoms with Gasteiger partial charge in [-0.05, 0) is 61.2 Å². The Hall–Kier alpha value is -1.72. The second-order valence-corrected chi connectivity index (χ2v) is 5.55. The molecule has 0 saturated carbocycles. The van der Waals surface area contributed by atoms with E-state index in [2.05, 4.69) is 64.7 Å². The molecule has 6 nitrogen and oxygen atoms in total. The molecular weight excluding hydrogens is 388 g/mol. The maximum Gasteiger partial charge on any atom is 0.216 e. The predicted molar refractivity (Wildman–Crippen MR) is 82.6 cm³/mol. The zero-order valence-electron chi connectivity index (χ0n) is 10.5. The number of rotatable bonds is 4. The molecule has 102 valence electrons. The summed E-state index contributed by atoms with van der Waals surface area (Å²) in [6.07, 6.45) is 2.49. The van der Waals surface area contributed by atoms with Gasteiger partial charge in [0.15, 0.2) is 0 Å². The van der Waals surface area contributed by atoms with Crippen LogP contribution in [0.3, 0.4) is 0 Å². The summed E-state index contributed by atoms with van der Waals surface area (Å²) in [6.45, 7) is 2.09. The van der Waals surface area contributed by atoms with Gasteiger partial charge in [0.2, 0.25) is 5.82 Å². The standard InChI is InChI=1S/C12H10Br2N6/c1-2-7-3-9(13)11(10(14)4-7)16-6-8(5-15)12-17-19-20-18-12/h3-4,6,16H,2H2,1H3,(H,17,18,19,20). The number of hydrogen-bond acceptors (Lipinski definition) is 5. The first kappa shape index (κ1) is 14.7. The van der Waals surface area contributed by atoms with Gasteiger partial charge in [-0.3, -0.25) is 0 Å². The van der Waals surface area contributed by atoms with Crippen LogP contribution >= 0.6 is 31.9 Å². The number of nitriles is 1. The van der Waals surface area contributed by atoms with E-state index in [1.54, 1.807) is 6.20 Å². The summed E-state index contributed by atoms with van der Waals surface area (Å²) in [5, 5.41) is 25.4. The monoisotopic (exact) mass is 396 g/mol. The normalized spacial score (nSPS) is 11.2. The highest BCUT2D eigenvalue weighted by molar-refractivity contribution is 9.11. The second-order valence-electron chi connectivity index (χ2n) is 3.84. The third-order valence-corrected chi connectivity index (χ3v) is 3.83. The fourth-order valence-electron chi connectivity index (χ4n) is 1.53. The number of anilines is 1. The van der Waals surface area contributed by atoms with Crippen LogP contribution in [0.15, 0.2) is 27.3 Å². The number of aryl methyl sites for hydroxylation is 1. The Labute approximate surface area is 132 Å². The minimum absolute atomic E-state index is 0.248. The van der Waals surface area contributed by atoms with Crippen LogP contribution in [-0.2, 0) is 6.42 Å². The van der Waals surface area contributed by atoms with Gasteiger partial charge in [0, 0.05) is 15.1 Å². The van der Waals surface area contributed by atoms with Crippen molar-refractivity contribution in [2.45, 2.75) is 13.3 Å². The van der Waals surface area contributed by atoms with Gasteiger partial charge in [-0.15, -0.1) is 10.2 Å². The predicted octanol–water partition coefficient (Wildman–Crippen LogP) is 3.26. The molecular formula is C12H10Br2N6. The summed E-state index contributed by atoms with van der Waals surface area (Å²) in [5.74, 6) is 0.248. The van der Waals surface area contributed by atoms with Crippen LogP contribution in [0.2, 0.25) is 0 Å². The number of tetrazole rings is 1. The van der Waals surface area contributed by atoms with E-state index in [9.17, 15) is 0 Å². The van der Waals surface area contributed by atoms with Gasteiger partial charge < -0.3 is 5.32 Å². The van der Waals surface area contributed by atoms with E-state index in [0.717, 1.165) is 21.1 Å². The van der Waals surface area contributed by atoms with Crippen LogP contribution in [-0.4, -0.2) is 20.6 Å². The lowest BCUT2D eigenvalue weighted by Gasteiger charge is -2.09. The molecule has 0 aliphatic heterocycles.